The van der Waals surface area contributed by atoms with Crippen LogP contribution >= 0.6 is 23.2 Å². The van der Waals surface area contributed by atoms with Gasteiger partial charge in [0.05, 0.1) is 39.3 Å². The van der Waals surface area contributed by atoms with E-state index in [-0.39, 0.29) is 39.8 Å². The molecule has 17 nitrogen and oxygen atoms in total. The molecule has 71 heavy (non-hydrogen) atoms. The van der Waals surface area contributed by atoms with Crippen LogP contribution in [0.1, 0.15) is 25.7 Å². The first kappa shape index (κ1) is 49.5. The van der Waals surface area contributed by atoms with E-state index in [9.17, 15) is 30.0 Å². The van der Waals surface area contributed by atoms with Crippen LogP contribution in [0, 0.1) is 29.3 Å². The molecule has 2 aliphatic heterocycles. The van der Waals surface area contributed by atoms with Crippen molar-refractivity contribution < 1.29 is 34.7 Å². The number of halogens is 5. The number of hydrogen-bond acceptors (Lipinski definition) is 13. The van der Waals surface area contributed by atoms with Crippen LogP contribution in [0.25, 0.3) is 44.8 Å². The minimum absolute atomic E-state index is 0.0203. The van der Waals surface area contributed by atoms with E-state index in [4.69, 9.17) is 27.9 Å². The molecule has 2 fully saturated rings. The maximum absolute atomic E-state index is 14.6. The molecule has 2 atom stereocenters. The van der Waals surface area contributed by atoms with Gasteiger partial charge < -0.3 is 25.3 Å². The highest BCUT2D eigenvalue weighted by Crippen LogP contribution is 2.32. The van der Waals surface area contributed by atoms with Gasteiger partial charge in [0, 0.05) is 92.0 Å². The number of aromatic nitrogens is 8. The second-order valence-corrected chi connectivity index (χ2v) is 21.7. The number of anilines is 2. The minimum atomic E-state index is -3.74. The molecule has 4 N–H and O–H groups in total. The SMILES string of the molecule is COc1cccc(S(=O)(=O)N2CCCC(CNc3nc(-c4c[nH]c5ncc(Cl)cc45)ncc3F)C2)c1.O=S(=O)(c1ccc(F)cc1)N1CCCC(CNc2nc(-c3c[nH]c4ncc(Cl)cc34)ncc2F)C1. The third-order valence-electron chi connectivity index (χ3n) is 12.2. The van der Waals surface area contributed by atoms with E-state index in [1.165, 1.54) is 46.3 Å². The number of pyridine rings is 2. The smallest absolute Gasteiger partial charge is 0.243 e. The Morgan fingerprint density at radius 2 is 1.15 bits per heavy atom. The lowest BCUT2D eigenvalue weighted by Crippen LogP contribution is -2.41. The van der Waals surface area contributed by atoms with Crippen molar-refractivity contribution in [2.75, 3.05) is 57.0 Å². The molecular weight excluding hydrogens is 1000 g/mol. The highest BCUT2D eigenvalue weighted by molar-refractivity contribution is 7.89. The third kappa shape index (κ3) is 11.1. The molecule has 0 amide bonds. The second kappa shape index (κ2) is 21.1. The van der Waals surface area contributed by atoms with Gasteiger partial charge in [0.25, 0.3) is 0 Å². The fraction of sp³-hybridized carbons (Fsp3) is 0.277. The summed E-state index contributed by atoms with van der Waals surface area (Å²) in [6.07, 6.45) is 11.6. The zero-order chi connectivity index (χ0) is 49.9. The number of nitrogens with zero attached hydrogens (tertiary/aromatic N) is 8. The quantitative estimate of drug-likeness (QED) is 0.0850. The van der Waals surface area contributed by atoms with Crippen LogP contribution in [0.5, 0.6) is 5.75 Å². The number of nitrogens with one attached hydrogen (secondary N) is 4. The molecule has 370 valence electrons. The van der Waals surface area contributed by atoms with E-state index in [0.717, 1.165) is 42.8 Å². The summed E-state index contributed by atoms with van der Waals surface area (Å²) < 4.78 is 103. The van der Waals surface area contributed by atoms with Gasteiger partial charge in [-0.05, 0) is 86.1 Å². The Morgan fingerprint density at radius 3 is 1.65 bits per heavy atom. The predicted octanol–water partition coefficient (Wildman–Crippen LogP) is 8.80. The number of ether oxygens (including phenoxy) is 1. The molecule has 0 aliphatic carbocycles. The zero-order valence-corrected chi connectivity index (χ0v) is 40.9. The lowest BCUT2D eigenvalue weighted by atomic mass is 10.00. The van der Waals surface area contributed by atoms with Crippen molar-refractivity contribution >= 4 is 77.0 Å². The molecule has 0 bridgehead atoms. The fourth-order valence-electron chi connectivity index (χ4n) is 8.54. The summed E-state index contributed by atoms with van der Waals surface area (Å²) in [4.78, 5) is 31.7. The Labute approximate surface area is 416 Å². The summed E-state index contributed by atoms with van der Waals surface area (Å²) in [5, 5.41) is 8.43. The fourth-order valence-corrected chi connectivity index (χ4v) is 12.0. The van der Waals surface area contributed by atoms with Crippen LogP contribution in [0.2, 0.25) is 10.0 Å². The monoisotopic (exact) mass is 1050 g/mol. The van der Waals surface area contributed by atoms with E-state index in [1.807, 2.05) is 0 Å². The van der Waals surface area contributed by atoms with Crippen LogP contribution < -0.4 is 15.4 Å². The number of piperidine rings is 2. The Bertz CT molecular complexity index is 3440. The molecule has 24 heteroatoms. The van der Waals surface area contributed by atoms with Crippen molar-refractivity contribution in [1.82, 2.24) is 48.5 Å². The summed E-state index contributed by atoms with van der Waals surface area (Å²) in [5.74, 6) is -0.607. The number of rotatable bonds is 13. The number of sulfonamides is 2. The molecule has 2 aromatic carbocycles. The highest BCUT2D eigenvalue weighted by atomic mass is 35.5. The van der Waals surface area contributed by atoms with Gasteiger partial charge in [0.15, 0.2) is 34.9 Å². The molecule has 2 unspecified atom stereocenters. The largest absolute Gasteiger partial charge is 0.497 e. The lowest BCUT2D eigenvalue weighted by Gasteiger charge is -2.32. The van der Waals surface area contributed by atoms with Gasteiger partial charge in [-0.25, -0.2) is 59.9 Å². The number of aromatic amines is 2. The van der Waals surface area contributed by atoms with Crippen LogP contribution in [-0.4, -0.2) is 112 Å². The van der Waals surface area contributed by atoms with Gasteiger partial charge in [-0.2, -0.15) is 8.61 Å². The topological polar surface area (TPSA) is 217 Å². The van der Waals surface area contributed by atoms with Gasteiger partial charge in [0.2, 0.25) is 20.0 Å². The molecular formula is C47H45Cl2F3N12O5S2. The average Bonchev–Trinajstić information content (AvgIpc) is 4.00. The van der Waals surface area contributed by atoms with Crippen molar-refractivity contribution in [2.24, 2.45) is 11.8 Å². The number of H-pyrrole nitrogens is 2. The average molecular weight is 1050 g/mol. The van der Waals surface area contributed by atoms with Crippen molar-refractivity contribution in [1.29, 1.82) is 0 Å². The summed E-state index contributed by atoms with van der Waals surface area (Å²) in [6, 6.07) is 14.7. The number of fused-ring (bicyclic) bond motifs is 2. The normalized spacial score (nSPS) is 16.9. The molecule has 2 saturated heterocycles. The standard InChI is InChI=1S/C24H24ClFN6O3S.C23H21ClF2N6O2S/c1-35-17-5-2-6-18(9-17)36(33,34)32-7-3-4-15(14-32)10-27-24-21(26)13-30-23(31-24)20-12-29-22-19(20)8-16(25)11-28-22;24-15-8-18-19(11-29-21(18)28-10-15)22-30-12-20(26)23(31-22)27-9-14-2-1-7-32(13-14)35(33,34)17-5-3-16(25)4-6-17/h2,5-6,8-9,11-13,15H,3-4,7,10,14H2,1H3,(H,28,29)(H,27,30,31);3-6,8,10-12,14H,1-2,7,9,13H2,(H,28,29)(H,27,30,31). The van der Waals surface area contributed by atoms with Crippen LogP contribution in [0.3, 0.4) is 0 Å². The number of hydrogen-bond donors (Lipinski definition) is 4. The molecule has 10 rings (SSSR count). The lowest BCUT2D eigenvalue weighted by molar-refractivity contribution is 0.275. The van der Waals surface area contributed by atoms with Gasteiger partial charge in [-0.1, -0.05) is 29.3 Å². The van der Waals surface area contributed by atoms with E-state index in [1.54, 1.807) is 42.7 Å². The summed E-state index contributed by atoms with van der Waals surface area (Å²) >= 11 is 12.1. The van der Waals surface area contributed by atoms with Crippen molar-refractivity contribution in [3.63, 3.8) is 0 Å². The molecule has 0 spiro atoms. The third-order valence-corrected chi connectivity index (χ3v) is 16.3. The molecule has 0 saturated carbocycles. The van der Waals surface area contributed by atoms with E-state index in [2.05, 4.69) is 50.5 Å². The maximum atomic E-state index is 14.6. The zero-order valence-electron chi connectivity index (χ0n) is 37.8. The van der Waals surface area contributed by atoms with Crippen molar-refractivity contribution in [3.8, 4) is 28.5 Å². The van der Waals surface area contributed by atoms with Gasteiger partial charge in [-0.3, -0.25) is 0 Å². The number of methoxy groups -OCH3 is 1. The van der Waals surface area contributed by atoms with Crippen LogP contribution in [-0.2, 0) is 20.0 Å². The molecule has 8 aromatic rings. The second-order valence-electron chi connectivity index (χ2n) is 16.9. The first-order chi connectivity index (χ1) is 34.2. The van der Waals surface area contributed by atoms with Crippen molar-refractivity contribution in [2.45, 2.75) is 35.5 Å². The van der Waals surface area contributed by atoms with Gasteiger partial charge >= 0.3 is 0 Å². The van der Waals surface area contributed by atoms with Crippen LogP contribution in [0.4, 0.5) is 24.8 Å². The first-order valence-electron chi connectivity index (χ1n) is 22.3. The Morgan fingerprint density at radius 1 is 0.662 bits per heavy atom. The predicted molar refractivity (Wildman–Crippen MR) is 264 cm³/mol. The summed E-state index contributed by atoms with van der Waals surface area (Å²) in [7, 11) is -5.92. The summed E-state index contributed by atoms with van der Waals surface area (Å²) in [5.41, 5.74) is 2.51. The molecule has 0 radical (unpaired) electrons. The Balaban J connectivity index is 0.000000176. The van der Waals surface area contributed by atoms with E-state index < -0.39 is 37.5 Å². The van der Waals surface area contributed by atoms with E-state index >= 15 is 0 Å². The highest BCUT2D eigenvalue weighted by Gasteiger charge is 2.32. The van der Waals surface area contributed by atoms with E-state index in [0.29, 0.717) is 101 Å². The van der Waals surface area contributed by atoms with Crippen LogP contribution in [0.15, 0.2) is 108 Å². The molecule has 2 aliphatic rings. The first-order valence-corrected chi connectivity index (χ1v) is 26.0. The summed E-state index contributed by atoms with van der Waals surface area (Å²) in [6.45, 7) is 2.07. The molecule has 6 aromatic heterocycles. The minimum Gasteiger partial charge on any atom is -0.497 e. The van der Waals surface area contributed by atoms with Gasteiger partial charge in [-0.15, -0.1) is 0 Å². The van der Waals surface area contributed by atoms with Crippen molar-refractivity contribution in [3.05, 3.63) is 125 Å². The molecule has 8 heterocycles. The Hall–Kier alpha value is -6.43. The number of benzene rings is 2. The maximum Gasteiger partial charge on any atom is 0.243 e. The Kier molecular flexibility index (Phi) is 14.7. The van der Waals surface area contributed by atoms with Gasteiger partial charge in [0.1, 0.15) is 22.9 Å².